The van der Waals surface area contributed by atoms with E-state index in [2.05, 4.69) is 13.2 Å². The molecule has 1 fully saturated rings. The van der Waals surface area contributed by atoms with Gasteiger partial charge in [-0.15, -0.1) is 0 Å². The molecule has 0 heterocycles. The maximum absolute atomic E-state index is 12.9. The fourth-order valence-electron chi connectivity index (χ4n) is 3.78. The van der Waals surface area contributed by atoms with Crippen LogP contribution < -0.4 is 4.74 Å². The Balaban J connectivity index is 2.64. The zero-order chi connectivity index (χ0) is 22.5. The van der Waals surface area contributed by atoms with E-state index in [1.165, 1.54) is 44.4 Å². The summed E-state index contributed by atoms with van der Waals surface area (Å²) in [6.45, 7) is 8.10. The molecule has 0 aromatic heterocycles. The van der Waals surface area contributed by atoms with E-state index in [-0.39, 0.29) is 24.7 Å². The van der Waals surface area contributed by atoms with Crippen molar-refractivity contribution in [3.63, 3.8) is 0 Å². The standard InChI is InChI=1S/C22H26O8/c1-5-9-29-20(25)18-15(24)12-22(3,27)19(21(26)30-10-6-2)17(18)13-7-8-14(23)16(11-13)28-4/h5-8,11,17-19,23,27H,1-2,9-10,12H2,3-4H3/t17-,18-,19+,22+/m1/s1. The molecule has 0 saturated heterocycles. The summed E-state index contributed by atoms with van der Waals surface area (Å²) in [5.41, 5.74) is -1.44. The second kappa shape index (κ2) is 9.58. The minimum atomic E-state index is -1.78. The number of carbonyl (C=O) groups excluding carboxylic acids is 3. The predicted octanol–water partition coefficient (Wildman–Crippen LogP) is 1.90. The van der Waals surface area contributed by atoms with Crippen molar-refractivity contribution in [2.45, 2.75) is 24.9 Å². The zero-order valence-corrected chi connectivity index (χ0v) is 17.0. The van der Waals surface area contributed by atoms with Gasteiger partial charge >= 0.3 is 11.9 Å². The number of phenols is 1. The number of Topliss-reactive ketones (excluding diaryl/α,β-unsaturated/α-hetero) is 1. The third kappa shape index (κ3) is 4.71. The summed E-state index contributed by atoms with van der Waals surface area (Å²) in [6.07, 6.45) is 2.30. The number of hydrogen-bond donors (Lipinski definition) is 2. The molecule has 1 saturated carbocycles. The number of methoxy groups -OCH3 is 1. The van der Waals surface area contributed by atoms with Crippen molar-refractivity contribution in [3.05, 3.63) is 49.1 Å². The van der Waals surface area contributed by atoms with Gasteiger partial charge in [-0.1, -0.05) is 31.4 Å². The Bertz CT molecular complexity index is 842. The molecule has 0 unspecified atom stereocenters. The van der Waals surface area contributed by atoms with E-state index in [4.69, 9.17) is 14.2 Å². The highest BCUT2D eigenvalue weighted by atomic mass is 16.5. The largest absolute Gasteiger partial charge is 0.504 e. The van der Waals surface area contributed by atoms with Crippen molar-refractivity contribution < 1.29 is 38.8 Å². The summed E-state index contributed by atoms with van der Waals surface area (Å²) >= 11 is 0. The van der Waals surface area contributed by atoms with Crippen LogP contribution in [-0.4, -0.2) is 53.9 Å². The third-order valence-corrected chi connectivity index (χ3v) is 5.05. The molecule has 2 N–H and O–H groups in total. The maximum Gasteiger partial charge on any atom is 0.317 e. The van der Waals surface area contributed by atoms with E-state index < -0.39 is 47.5 Å². The van der Waals surface area contributed by atoms with E-state index in [9.17, 15) is 24.6 Å². The van der Waals surface area contributed by atoms with Crippen LogP contribution in [0.25, 0.3) is 0 Å². The molecule has 8 heteroatoms. The average molecular weight is 418 g/mol. The quantitative estimate of drug-likeness (QED) is 0.373. The molecular weight excluding hydrogens is 392 g/mol. The monoisotopic (exact) mass is 418 g/mol. The molecule has 1 aromatic carbocycles. The lowest BCUT2D eigenvalue weighted by Gasteiger charge is -2.43. The van der Waals surface area contributed by atoms with Gasteiger partial charge in [-0.25, -0.2) is 0 Å². The average Bonchev–Trinajstić information content (AvgIpc) is 2.69. The van der Waals surface area contributed by atoms with Crippen LogP contribution in [0.5, 0.6) is 11.5 Å². The first-order valence-corrected chi connectivity index (χ1v) is 9.35. The molecular formula is C22H26O8. The smallest absolute Gasteiger partial charge is 0.317 e. The molecule has 8 nitrogen and oxygen atoms in total. The number of ether oxygens (including phenoxy) is 3. The highest BCUT2D eigenvalue weighted by Gasteiger charge is 2.57. The highest BCUT2D eigenvalue weighted by molar-refractivity contribution is 6.02. The van der Waals surface area contributed by atoms with Crippen LogP contribution in [0.15, 0.2) is 43.5 Å². The van der Waals surface area contributed by atoms with Crippen LogP contribution in [0.2, 0.25) is 0 Å². The second-order valence-corrected chi connectivity index (χ2v) is 7.25. The van der Waals surface area contributed by atoms with Crippen molar-refractivity contribution in [3.8, 4) is 11.5 Å². The first kappa shape index (κ1) is 23.2. The Kier molecular flexibility index (Phi) is 7.39. The van der Waals surface area contributed by atoms with Crippen LogP contribution in [0.3, 0.4) is 0 Å². The van der Waals surface area contributed by atoms with E-state index in [0.29, 0.717) is 5.56 Å². The molecule has 0 radical (unpaired) electrons. The number of carbonyl (C=O) groups is 3. The van der Waals surface area contributed by atoms with Gasteiger partial charge in [0.2, 0.25) is 0 Å². The molecule has 162 valence electrons. The van der Waals surface area contributed by atoms with Crippen LogP contribution in [0, 0.1) is 11.8 Å². The molecule has 30 heavy (non-hydrogen) atoms. The molecule has 0 bridgehead atoms. The summed E-state index contributed by atoms with van der Waals surface area (Å²) in [5, 5.41) is 20.9. The summed E-state index contributed by atoms with van der Waals surface area (Å²) in [5.74, 6) is -6.00. The van der Waals surface area contributed by atoms with Crippen LogP contribution >= 0.6 is 0 Å². The number of phenolic OH excluding ortho intramolecular Hbond substituents is 1. The second-order valence-electron chi connectivity index (χ2n) is 7.25. The normalized spacial score (nSPS) is 25.8. The molecule has 0 spiro atoms. The van der Waals surface area contributed by atoms with Gasteiger partial charge in [-0.2, -0.15) is 0 Å². The van der Waals surface area contributed by atoms with Gasteiger partial charge in [-0.3, -0.25) is 14.4 Å². The summed E-state index contributed by atoms with van der Waals surface area (Å²) in [4.78, 5) is 38.5. The number of aromatic hydroxyl groups is 1. The van der Waals surface area contributed by atoms with Gasteiger partial charge in [0.15, 0.2) is 17.3 Å². The fourth-order valence-corrected chi connectivity index (χ4v) is 3.78. The van der Waals surface area contributed by atoms with Crippen molar-refractivity contribution in [1.29, 1.82) is 0 Å². The first-order valence-electron chi connectivity index (χ1n) is 9.35. The lowest BCUT2D eigenvalue weighted by atomic mass is 9.61. The summed E-state index contributed by atoms with van der Waals surface area (Å²) in [7, 11) is 1.34. The topological polar surface area (TPSA) is 119 Å². The van der Waals surface area contributed by atoms with Gasteiger partial charge in [0.25, 0.3) is 0 Å². The van der Waals surface area contributed by atoms with E-state index in [1.807, 2.05) is 0 Å². The minimum Gasteiger partial charge on any atom is -0.504 e. The maximum atomic E-state index is 12.9. The Morgan fingerprint density at radius 2 is 1.80 bits per heavy atom. The van der Waals surface area contributed by atoms with Crippen LogP contribution in [0.1, 0.15) is 24.8 Å². The molecule has 2 rings (SSSR count). The van der Waals surface area contributed by atoms with Gasteiger partial charge < -0.3 is 24.4 Å². The van der Waals surface area contributed by atoms with E-state index >= 15 is 0 Å². The molecule has 0 aliphatic heterocycles. The van der Waals surface area contributed by atoms with Crippen LogP contribution in [-0.2, 0) is 23.9 Å². The Morgan fingerprint density at radius 3 is 2.37 bits per heavy atom. The zero-order valence-electron chi connectivity index (χ0n) is 17.0. The van der Waals surface area contributed by atoms with Crippen molar-refractivity contribution in [2.75, 3.05) is 20.3 Å². The SMILES string of the molecule is C=CCOC(=O)[C@@H]1C(=O)C[C@](C)(O)[C@H](C(=O)OCC=C)[C@@H]1c1ccc(O)c(OC)c1. The molecule has 0 amide bonds. The Labute approximate surface area is 174 Å². The number of benzene rings is 1. The van der Waals surface area contributed by atoms with Crippen molar-refractivity contribution in [2.24, 2.45) is 11.8 Å². The molecule has 4 atom stereocenters. The van der Waals surface area contributed by atoms with E-state index in [1.54, 1.807) is 0 Å². The van der Waals surface area contributed by atoms with Crippen LogP contribution in [0.4, 0.5) is 0 Å². The summed E-state index contributed by atoms with van der Waals surface area (Å²) < 4.78 is 15.4. The minimum absolute atomic E-state index is 0.0848. The summed E-state index contributed by atoms with van der Waals surface area (Å²) in [6, 6.07) is 4.19. The van der Waals surface area contributed by atoms with Gasteiger partial charge in [0.05, 0.1) is 18.6 Å². The van der Waals surface area contributed by atoms with Crippen molar-refractivity contribution >= 4 is 17.7 Å². The number of aliphatic hydroxyl groups is 1. The van der Waals surface area contributed by atoms with Gasteiger partial charge in [-0.05, 0) is 24.6 Å². The van der Waals surface area contributed by atoms with E-state index in [0.717, 1.165) is 0 Å². The predicted molar refractivity (Wildman–Crippen MR) is 107 cm³/mol. The highest BCUT2D eigenvalue weighted by Crippen LogP contribution is 2.48. The van der Waals surface area contributed by atoms with Gasteiger partial charge in [0.1, 0.15) is 19.1 Å². The Morgan fingerprint density at radius 1 is 1.20 bits per heavy atom. The number of hydrogen-bond acceptors (Lipinski definition) is 8. The first-order chi connectivity index (χ1) is 14.2. The number of esters is 2. The molecule has 1 aliphatic carbocycles. The molecule has 1 aromatic rings. The Hall–Kier alpha value is -3.13. The lowest BCUT2D eigenvalue weighted by molar-refractivity contribution is -0.172. The van der Waals surface area contributed by atoms with Gasteiger partial charge in [0, 0.05) is 12.3 Å². The molecule has 1 aliphatic rings. The van der Waals surface area contributed by atoms with Crippen molar-refractivity contribution in [1.82, 2.24) is 0 Å². The fraction of sp³-hybridized carbons (Fsp3) is 0.409. The number of ketones is 1. The third-order valence-electron chi connectivity index (χ3n) is 5.05. The number of rotatable bonds is 8. The lowest BCUT2D eigenvalue weighted by Crippen LogP contribution is -2.55.